The van der Waals surface area contributed by atoms with Crippen LogP contribution in [-0.4, -0.2) is 70.8 Å². The van der Waals surface area contributed by atoms with Gasteiger partial charge < -0.3 is 29.3 Å². The first-order valence-electron chi connectivity index (χ1n) is 10.3. The first-order chi connectivity index (χ1) is 15.1. The third-order valence-electron chi connectivity index (χ3n) is 4.98. The van der Waals surface area contributed by atoms with Crippen molar-refractivity contribution < 1.29 is 19.0 Å². The molecule has 0 atom stereocenters. The van der Waals surface area contributed by atoms with E-state index in [1.165, 1.54) is 0 Å². The Hall–Kier alpha value is -2.69. The number of benzene rings is 2. The Balaban J connectivity index is 0.00000363. The molecular formula is C23H31IN4O4. The summed E-state index contributed by atoms with van der Waals surface area (Å²) in [5.41, 5.74) is 0.830. The lowest BCUT2D eigenvalue weighted by Crippen LogP contribution is -2.43. The Labute approximate surface area is 206 Å². The Morgan fingerprint density at radius 1 is 1.19 bits per heavy atom. The van der Waals surface area contributed by atoms with Crippen molar-refractivity contribution in [1.82, 2.24) is 10.2 Å². The highest BCUT2D eigenvalue weighted by molar-refractivity contribution is 14.0. The van der Waals surface area contributed by atoms with E-state index in [1.54, 1.807) is 19.1 Å². The van der Waals surface area contributed by atoms with Crippen LogP contribution in [0.3, 0.4) is 0 Å². The average molecular weight is 554 g/mol. The third-order valence-corrected chi connectivity index (χ3v) is 4.98. The molecule has 0 radical (unpaired) electrons. The molecule has 0 saturated heterocycles. The molecule has 0 unspecified atom stereocenters. The number of hydrogen-bond acceptors (Lipinski definition) is 5. The topological polar surface area (TPSA) is 75.6 Å². The molecule has 174 valence electrons. The number of carbonyl (C=O) groups excluding carboxylic acids is 1. The van der Waals surface area contributed by atoms with Crippen molar-refractivity contribution in [3.8, 4) is 17.2 Å². The number of nitrogens with one attached hydrogen (secondary N) is 1. The SMILES string of the molecule is CN=C(NCCCN1C(=O)COc2ccccc21)N(C)CCOc1ccc(OC)cc1.I. The summed E-state index contributed by atoms with van der Waals surface area (Å²) >= 11 is 0. The first kappa shape index (κ1) is 25.6. The maximum absolute atomic E-state index is 12.2. The summed E-state index contributed by atoms with van der Waals surface area (Å²) in [6.07, 6.45) is 0.787. The van der Waals surface area contributed by atoms with Crippen LogP contribution in [0.25, 0.3) is 0 Å². The van der Waals surface area contributed by atoms with Crippen molar-refractivity contribution in [2.24, 2.45) is 4.99 Å². The fraction of sp³-hybridized carbons (Fsp3) is 0.391. The summed E-state index contributed by atoms with van der Waals surface area (Å²) in [6, 6.07) is 15.1. The Kier molecular flexibility index (Phi) is 10.4. The van der Waals surface area contributed by atoms with E-state index in [4.69, 9.17) is 14.2 Å². The summed E-state index contributed by atoms with van der Waals surface area (Å²) in [5, 5.41) is 3.35. The molecule has 8 nitrogen and oxygen atoms in total. The molecule has 2 aromatic rings. The van der Waals surface area contributed by atoms with Crippen molar-refractivity contribution in [3.05, 3.63) is 48.5 Å². The Bertz CT molecular complexity index is 892. The van der Waals surface area contributed by atoms with Gasteiger partial charge in [-0.3, -0.25) is 9.79 Å². The predicted molar refractivity (Wildman–Crippen MR) is 137 cm³/mol. The number of hydrogen-bond donors (Lipinski definition) is 1. The lowest BCUT2D eigenvalue weighted by atomic mass is 10.2. The number of amides is 1. The number of aliphatic imine (C=N–C) groups is 1. The molecule has 32 heavy (non-hydrogen) atoms. The number of likely N-dealkylation sites (N-methyl/N-ethyl adjacent to an activating group) is 1. The summed E-state index contributed by atoms with van der Waals surface area (Å²) in [5.74, 6) is 3.12. The van der Waals surface area contributed by atoms with Crippen molar-refractivity contribution in [1.29, 1.82) is 0 Å². The smallest absolute Gasteiger partial charge is 0.265 e. The number of carbonyl (C=O) groups is 1. The lowest BCUT2D eigenvalue weighted by molar-refractivity contribution is -0.121. The maximum atomic E-state index is 12.2. The largest absolute Gasteiger partial charge is 0.497 e. The van der Waals surface area contributed by atoms with Gasteiger partial charge in [0.05, 0.1) is 19.3 Å². The molecule has 1 N–H and O–H groups in total. The number of guanidine groups is 1. The van der Waals surface area contributed by atoms with Crippen LogP contribution >= 0.6 is 24.0 Å². The van der Waals surface area contributed by atoms with Crippen molar-refractivity contribution in [3.63, 3.8) is 0 Å². The van der Waals surface area contributed by atoms with Gasteiger partial charge in [-0.2, -0.15) is 0 Å². The van der Waals surface area contributed by atoms with E-state index in [1.807, 2.05) is 60.5 Å². The van der Waals surface area contributed by atoms with Gasteiger partial charge in [0.15, 0.2) is 12.6 Å². The molecule has 1 aliphatic heterocycles. The van der Waals surface area contributed by atoms with Gasteiger partial charge in [-0.05, 0) is 42.8 Å². The summed E-state index contributed by atoms with van der Waals surface area (Å²) in [6.45, 7) is 2.61. The number of rotatable bonds is 9. The molecule has 0 bridgehead atoms. The molecule has 0 saturated carbocycles. The number of ether oxygens (including phenoxy) is 3. The van der Waals surface area contributed by atoms with Gasteiger partial charge >= 0.3 is 0 Å². The van der Waals surface area contributed by atoms with Gasteiger partial charge in [-0.1, -0.05) is 12.1 Å². The molecule has 0 spiro atoms. The molecule has 1 amide bonds. The van der Waals surface area contributed by atoms with Crippen LogP contribution in [0, 0.1) is 0 Å². The highest BCUT2D eigenvalue weighted by Crippen LogP contribution is 2.31. The normalized spacial score (nSPS) is 12.9. The number of fused-ring (bicyclic) bond motifs is 1. The fourth-order valence-corrected chi connectivity index (χ4v) is 3.30. The van der Waals surface area contributed by atoms with Crippen molar-refractivity contribution in [2.45, 2.75) is 6.42 Å². The number of nitrogens with zero attached hydrogens (tertiary/aromatic N) is 3. The zero-order valence-electron chi connectivity index (χ0n) is 18.7. The third kappa shape index (κ3) is 6.91. The van der Waals surface area contributed by atoms with Gasteiger partial charge in [0.25, 0.3) is 5.91 Å². The molecule has 3 rings (SSSR count). The van der Waals surface area contributed by atoms with E-state index in [2.05, 4.69) is 10.3 Å². The van der Waals surface area contributed by atoms with Gasteiger partial charge in [0.2, 0.25) is 0 Å². The molecule has 0 fully saturated rings. The second-order valence-corrected chi connectivity index (χ2v) is 7.07. The van der Waals surface area contributed by atoms with Gasteiger partial charge in [-0.25, -0.2) is 0 Å². The minimum Gasteiger partial charge on any atom is -0.497 e. The van der Waals surface area contributed by atoms with E-state index in [0.717, 1.165) is 35.3 Å². The number of anilines is 1. The highest BCUT2D eigenvalue weighted by Gasteiger charge is 2.24. The fourth-order valence-electron chi connectivity index (χ4n) is 3.30. The van der Waals surface area contributed by atoms with E-state index in [0.29, 0.717) is 26.2 Å². The van der Waals surface area contributed by atoms with Crippen molar-refractivity contribution >= 4 is 41.5 Å². The van der Waals surface area contributed by atoms with Gasteiger partial charge in [0, 0.05) is 27.2 Å². The van der Waals surface area contributed by atoms with Crippen LogP contribution in [0.5, 0.6) is 17.2 Å². The predicted octanol–water partition coefficient (Wildman–Crippen LogP) is 3.01. The quantitative estimate of drug-likeness (QED) is 0.223. The van der Waals surface area contributed by atoms with Crippen LogP contribution in [0.2, 0.25) is 0 Å². The van der Waals surface area contributed by atoms with E-state index >= 15 is 0 Å². The monoisotopic (exact) mass is 554 g/mol. The molecule has 1 aliphatic rings. The van der Waals surface area contributed by atoms with Crippen LogP contribution in [0.4, 0.5) is 5.69 Å². The van der Waals surface area contributed by atoms with Gasteiger partial charge in [0.1, 0.15) is 23.9 Å². The average Bonchev–Trinajstić information content (AvgIpc) is 2.80. The number of methoxy groups -OCH3 is 1. The number of para-hydroxylation sites is 2. The van der Waals surface area contributed by atoms with Crippen LogP contribution in [0.15, 0.2) is 53.5 Å². The lowest BCUT2D eigenvalue weighted by Gasteiger charge is -2.29. The van der Waals surface area contributed by atoms with Crippen LogP contribution < -0.4 is 24.4 Å². The van der Waals surface area contributed by atoms with E-state index in [-0.39, 0.29) is 36.5 Å². The molecule has 1 heterocycles. The Morgan fingerprint density at radius 3 is 2.62 bits per heavy atom. The van der Waals surface area contributed by atoms with Crippen LogP contribution in [-0.2, 0) is 4.79 Å². The van der Waals surface area contributed by atoms with Crippen LogP contribution in [0.1, 0.15) is 6.42 Å². The highest BCUT2D eigenvalue weighted by atomic mass is 127. The zero-order chi connectivity index (χ0) is 22.1. The molecule has 2 aromatic carbocycles. The minimum absolute atomic E-state index is 0. The number of halogens is 1. The summed E-state index contributed by atoms with van der Waals surface area (Å²) < 4.78 is 16.4. The molecular weight excluding hydrogens is 523 g/mol. The summed E-state index contributed by atoms with van der Waals surface area (Å²) in [7, 11) is 5.36. The summed E-state index contributed by atoms with van der Waals surface area (Å²) in [4.78, 5) is 20.4. The van der Waals surface area contributed by atoms with Crippen molar-refractivity contribution in [2.75, 3.05) is 59.0 Å². The molecule has 0 aliphatic carbocycles. The van der Waals surface area contributed by atoms with E-state index < -0.39 is 0 Å². The second kappa shape index (κ2) is 13.0. The standard InChI is InChI=1S/C23H30N4O4.HI/c1-24-23(26(2)15-16-30-19-11-9-18(29-3)10-12-19)25-13-6-14-27-20-7-4-5-8-21(20)31-17-22(27)28;/h4-5,7-12H,6,13-17H2,1-3H3,(H,24,25);1H. The first-order valence-corrected chi connectivity index (χ1v) is 10.3. The maximum Gasteiger partial charge on any atom is 0.265 e. The molecule has 0 aromatic heterocycles. The van der Waals surface area contributed by atoms with Gasteiger partial charge in [-0.15, -0.1) is 24.0 Å². The van der Waals surface area contributed by atoms with E-state index in [9.17, 15) is 4.79 Å². The minimum atomic E-state index is -0.0177. The Morgan fingerprint density at radius 2 is 1.91 bits per heavy atom. The zero-order valence-corrected chi connectivity index (χ0v) is 21.1. The second-order valence-electron chi connectivity index (χ2n) is 7.07. The molecule has 9 heteroatoms.